The van der Waals surface area contributed by atoms with Crippen molar-refractivity contribution in [3.05, 3.63) is 54.1 Å². The number of nitriles is 1. The van der Waals surface area contributed by atoms with Crippen molar-refractivity contribution in [1.29, 1.82) is 5.26 Å². The van der Waals surface area contributed by atoms with E-state index in [4.69, 9.17) is 10.00 Å². The van der Waals surface area contributed by atoms with Crippen LogP contribution >= 0.6 is 0 Å². The van der Waals surface area contributed by atoms with Gasteiger partial charge in [-0.25, -0.2) is 0 Å². The molecule has 0 heterocycles. The summed E-state index contributed by atoms with van der Waals surface area (Å²) < 4.78 is 19.5. The molecule has 0 saturated carbocycles. The summed E-state index contributed by atoms with van der Waals surface area (Å²) in [6, 6.07) is 16.3. The fourth-order valence-corrected chi connectivity index (χ4v) is 3.01. The number of hydrogen-bond donors (Lipinski definition) is 0. The van der Waals surface area contributed by atoms with E-state index in [9.17, 15) is 3.87 Å². The van der Waals surface area contributed by atoms with Crippen LogP contribution in [-0.4, -0.2) is 6.61 Å². The molecule has 21 heavy (non-hydrogen) atoms. The number of nitrogens with zero attached hydrogens (tertiary/aromatic N) is 1. The predicted octanol–water partition coefficient (Wildman–Crippen LogP) is 2.65. The van der Waals surface area contributed by atoms with Crippen LogP contribution in [0.15, 0.2) is 48.5 Å². The number of hydrogen-bond acceptors (Lipinski definition) is 3. The minimum absolute atomic E-state index is 0.571. The Kier molecular flexibility index (Phi) is 5.67. The zero-order valence-electron chi connectivity index (χ0n) is 11.8. The summed E-state index contributed by atoms with van der Waals surface area (Å²) >= 11 is -1.61. The predicted molar refractivity (Wildman–Crippen MR) is 78.0 cm³/mol. The normalized spacial score (nSPS) is 10.8. The second-order valence-electron chi connectivity index (χ2n) is 4.44. The van der Waals surface area contributed by atoms with Gasteiger partial charge in [-0.2, -0.15) is 0 Å². The molecule has 2 aromatic carbocycles. The maximum atomic E-state index is 12.4. The SMILES string of the molecule is CCCCOc1cc[c]([Co](=[O])[c]2ccc(C#N)cc2)cc1. The molecule has 3 nitrogen and oxygen atoms in total. The minimum atomic E-state index is -1.61. The molecule has 0 aromatic heterocycles. The van der Waals surface area contributed by atoms with Crippen LogP contribution in [0, 0.1) is 11.3 Å². The van der Waals surface area contributed by atoms with Crippen molar-refractivity contribution in [1.82, 2.24) is 0 Å². The van der Waals surface area contributed by atoms with E-state index in [1.165, 1.54) is 0 Å². The Hall–Kier alpha value is -1.96. The molecular weight excluding hydrogens is 309 g/mol. The molecule has 0 amide bonds. The first-order chi connectivity index (χ1) is 10.2. The van der Waals surface area contributed by atoms with Gasteiger partial charge in [-0.15, -0.1) is 0 Å². The first-order valence-corrected chi connectivity index (χ1v) is 8.25. The summed E-state index contributed by atoms with van der Waals surface area (Å²) in [7, 11) is 0. The average Bonchev–Trinajstić information content (AvgIpc) is 2.55. The van der Waals surface area contributed by atoms with Gasteiger partial charge in [0.25, 0.3) is 0 Å². The van der Waals surface area contributed by atoms with Gasteiger partial charge in [-0.3, -0.25) is 0 Å². The summed E-state index contributed by atoms with van der Waals surface area (Å²) in [5, 5.41) is 8.77. The Labute approximate surface area is 129 Å². The Balaban J connectivity index is 2.07. The third kappa shape index (κ3) is 4.25. The topological polar surface area (TPSA) is 50.1 Å². The molecule has 4 heteroatoms. The Bertz CT molecular complexity index is 642. The van der Waals surface area contributed by atoms with E-state index in [1.807, 2.05) is 24.3 Å². The second kappa shape index (κ2) is 7.72. The van der Waals surface area contributed by atoms with E-state index in [1.54, 1.807) is 24.3 Å². The summed E-state index contributed by atoms with van der Waals surface area (Å²) in [6.45, 7) is 2.83. The second-order valence-corrected chi connectivity index (χ2v) is 6.33. The molecule has 0 unspecified atom stereocenters. The zero-order valence-corrected chi connectivity index (χ0v) is 12.9. The molecule has 0 radical (unpaired) electrons. The van der Waals surface area contributed by atoms with E-state index in [0.29, 0.717) is 12.2 Å². The molecule has 0 saturated heterocycles. The van der Waals surface area contributed by atoms with Crippen molar-refractivity contribution in [2.75, 3.05) is 6.61 Å². The van der Waals surface area contributed by atoms with Crippen LogP contribution in [0.25, 0.3) is 0 Å². The molecular formula is C17H17CoNO2. The van der Waals surface area contributed by atoms with Crippen molar-refractivity contribution in [3.63, 3.8) is 0 Å². The quantitative estimate of drug-likeness (QED) is 0.767. The fraction of sp³-hybridized carbons (Fsp3) is 0.235. The Morgan fingerprint density at radius 3 is 2.14 bits per heavy atom. The summed E-state index contributed by atoms with van der Waals surface area (Å²) in [5.74, 6) is 0.801. The fourth-order valence-electron chi connectivity index (χ4n) is 1.69. The third-order valence-electron chi connectivity index (χ3n) is 2.87. The van der Waals surface area contributed by atoms with E-state index < -0.39 is 13.6 Å². The number of benzene rings is 2. The molecule has 0 bridgehead atoms. The van der Waals surface area contributed by atoms with Crippen molar-refractivity contribution in [2.24, 2.45) is 0 Å². The van der Waals surface area contributed by atoms with Gasteiger partial charge in [-0.1, -0.05) is 0 Å². The number of rotatable bonds is 6. The average molecular weight is 326 g/mol. The van der Waals surface area contributed by atoms with Crippen molar-refractivity contribution >= 4 is 9.00 Å². The first-order valence-electron chi connectivity index (χ1n) is 6.79. The van der Waals surface area contributed by atoms with Gasteiger partial charge in [-0.05, 0) is 0 Å². The maximum absolute atomic E-state index is 12.4. The molecule has 0 aliphatic heterocycles. The van der Waals surface area contributed by atoms with Crippen LogP contribution in [0.2, 0.25) is 0 Å². The van der Waals surface area contributed by atoms with Crippen LogP contribution in [0.3, 0.4) is 0 Å². The van der Waals surface area contributed by atoms with Crippen molar-refractivity contribution in [3.8, 4) is 11.8 Å². The van der Waals surface area contributed by atoms with Gasteiger partial charge in [0.15, 0.2) is 0 Å². The van der Waals surface area contributed by atoms with E-state index >= 15 is 0 Å². The molecule has 0 spiro atoms. The monoisotopic (exact) mass is 326 g/mol. The molecule has 0 N–H and O–H groups in total. The van der Waals surface area contributed by atoms with Gasteiger partial charge < -0.3 is 0 Å². The van der Waals surface area contributed by atoms with Crippen LogP contribution in [0.4, 0.5) is 0 Å². The van der Waals surface area contributed by atoms with E-state index in [0.717, 1.165) is 27.6 Å². The summed E-state index contributed by atoms with van der Waals surface area (Å²) in [6.07, 6.45) is 2.13. The summed E-state index contributed by atoms with van der Waals surface area (Å²) in [4.78, 5) is 0. The van der Waals surface area contributed by atoms with Crippen LogP contribution in [0.5, 0.6) is 5.75 Å². The van der Waals surface area contributed by atoms with E-state index in [-0.39, 0.29) is 0 Å². The first kappa shape index (κ1) is 15.4. The third-order valence-corrected chi connectivity index (χ3v) is 4.66. The zero-order chi connectivity index (χ0) is 15.1. The summed E-state index contributed by atoms with van der Waals surface area (Å²) in [5.41, 5.74) is 0.571. The molecule has 2 aromatic rings. The Morgan fingerprint density at radius 1 is 1.05 bits per heavy atom. The standard InChI is InChI=1S/C10H13O.C7H4N.Co.O/c1-2-3-9-11-10-7-5-4-6-8-10;8-6-7-4-2-1-3-5-7;;/h5-8H,2-3,9H2,1H3;2-5H;;. The van der Waals surface area contributed by atoms with Crippen molar-refractivity contribution < 1.29 is 22.2 Å². The molecule has 0 atom stereocenters. The number of ether oxygens (including phenoxy) is 1. The molecule has 0 aliphatic carbocycles. The van der Waals surface area contributed by atoms with Gasteiger partial charge in [0.05, 0.1) is 0 Å². The molecule has 0 fully saturated rings. The Morgan fingerprint density at radius 2 is 1.62 bits per heavy atom. The van der Waals surface area contributed by atoms with Gasteiger partial charge >= 0.3 is 129 Å². The van der Waals surface area contributed by atoms with Gasteiger partial charge in [0.1, 0.15) is 0 Å². The van der Waals surface area contributed by atoms with Gasteiger partial charge in [0, 0.05) is 0 Å². The van der Waals surface area contributed by atoms with Crippen molar-refractivity contribution in [2.45, 2.75) is 19.8 Å². The van der Waals surface area contributed by atoms with Gasteiger partial charge in [0.2, 0.25) is 0 Å². The molecule has 2 rings (SSSR count). The van der Waals surface area contributed by atoms with Crippen LogP contribution in [0.1, 0.15) is 25.3 Å². The van der Waals surface area contributed by atoms with Crippen LogP contribution in [-0.2, 0) is 17.5 Å². The molecule has 111 valence electrons. The van der Waals surface area contributed by atoms with E-state index in [2.05, 4.69) is 13.0 Å². The van der Waals surface area contributed by atoms with Crippen LogP contribution < -0.4 is 13.7 Å². The molecule has 0 aliphatic rings. The number of unbranched alkanes of at least 4 members (excludes halogenated alkanes) is 1.